The van der Waals surface area contributed by atoms with Crippen LogP contribution in [0.4, 0.5) is 0 Å². The third-order valence-corrected chi connectivity index (χ3v) is 7.51. The fraction of sp³-hybridized carbons (Fsp3) is 0.567. The number of hydrogen-bond acceptors (Lipinski definition) is 5. The Bertz CT molecular complexity index is 1050. The molecule has 0 saturated carbocycles. The maximum atomic E-state index is 13.9. The molecule has 1 aliphatic heterocycles. The molecule has 1 fully saturated rings. The molecular formula is C30H45ClN4O3. The minimum absolute atomic E-state index is 0. The number of rotatable bonds is 13. The Balaban J connectivity index is 0.00000507. The Morgan fingerprint density at radius 2 is 1.76 bits per heavy atom. The van der Waals surface area contributed by atoms with Crippen LogP contribution in [0.3, 0.4) is 0 Å². The van der Waals surface area contributed by atoms with E-state index in [-0.39, 0.29) is 30.1 Å². The first kappa shape index (κ1) is 31.7. The number of imide groups is 1. The molecule has 2 aromatic rings. The lowest BCUT2D eigenvalue weighted by molar-refractivity contribution is -0.156. The molecule has 8 heteroatoms. The summed E-state index contributed by atoms with van der Waals surface area (Å²) < 4.78 is 0. The lowest BCUT2D eigenvalue weighted by Gasteiger charge is -2.37. The summed E-state index contributed by atoms with van der Waals surface area (Å²) in [6.07, 6.45) is 3.26. The molecule has 0 radical (unpaired) electrons. The zero-order valence-corrected chi connectivity index (χ0v) is 24.1. The van der Waals surface area contributed by atoms with Crippen molar-refractivity contribution in [1.82, 2.24) is 15.5 Å². The second-order valence-electron chi connectivity index (χ2n) is 10.7. The van der Waals surface area contributed by atoms with E-state index in [1.807, 2.05) is 50.2 Å². The van der Waals surface area contributed by atoms with Crippen LogP contribution in [0.25, 0.3) is 10.8 Å². The summed E-state index contributed by atoms with van der Waals surface area (Å²) in [6.45, 7) is 10.4. The summed E-state index contributed by atoms with van der Waals surface area (Å²) in [5.74, 6) is -1.57. The molecule has 1 heterocycles. The Kier molecular flexibility index (Phi) is 12.7. The predicted octanol–water partition coefficient (Wildman–Crippen LogP) is 4.38. The minimum Gasteiger partial charge on any atom is -0.368 e. The predicted molar refractivity (Wildman–Crippen MR) is 156 cm³/mol. The lowest BCUT2D eigenvalue weighted by Crippen LogP contribution is -2.59. The first-order valence-corrected chi connectivity index (χ1v) is 13.9. The Labute approximate surface area is 233 Å². The van der Waals surface area contributed by atoms with Crippen LogP contribution in [0, 0.1) is 11.8 Å². The smallest absolute Gasteiger partial charge is 0.247 e. The van der Waals surface area contributed by atoms with E-state index < -0.39 is 23.9 Å². The van der Waals surface area contributed by atoms with Crippen molar-refractivity contribution in [2.75, 3.05) is 19.6 Å². The third kappa shape index (κ3) is 7.78. The number of carbonyl (C=O) groups is 3. The summed E-state index contributed by atoms with van der Waals surface area (Å²) in [7, 11) is 0. The van der Waals surface area contributed by atoms with Crippen LogP contribution in [0.15, 0.2) is 42.5 Å². The lowest BCUT2D eigenvalue weighted by atomic mass is 9.84. The molecule has 1 saturated heterocycles. The standard InChI is InChI=1S/C30H44N4O3.ClH/c1-5-21(6-2)29(36)34(30(37)26-12-9-16-33-26)27(28(31)35)25(15-17-32-19-20(3)4)24-14-13-22-10-7-8-11-23(22)18-24;/h7-8,10-11,13-14,18,20-21,25-27,32-33H,5-6,9,12,15-17,19H2,1-4H3,(H2,31,35);1H/t25?,26-,27+;/m0./s1. The molecule has 3 amide bonds. The van der Waals surface area contributed by atoms with Crippen LogP contribution in [-0.4, -0.2) is 54.3 Å². The van der Waals surface area contributed by atoms with Gasteiger partial charge in [0.05, 0.1) is 6.04 Å². The highest BCUT2D eigenvalue weighted by Gasteiger charge is 2.43. The quantitative estimate of drug-likeness (QED) is 0.325. The summed E-state index contributed by atoms with van der Waals surface area (Å²) in [5, 5.41) is 8.82. The number of amides is 3. The fourth-order valence-corrected chi connectivity index (χ4v) is 5.38. The molecule has 0 spiro atoms. The van der Waals surface area contributed by atoms with E-state index in [1.54, 1.807) is 0 Å². The second-order valence-corrected chi connectivity index (χ2v) is 10.7. The van der Waals surface area contributed by atoms with E-state index >= 15 is 0 Å². The van der Waals surface area contributed by atoms with Crippen molar-refractivity contribution in [2.24, 2.45) is 17.6 Å². The zero-order chi connectivity index (χ0) is 26.9. The van der Waals surface area contributed by atoms with Gasteiger partial charge in [-0.1, -0.05) is 70.2 Å². The average Bonchev–Trinajstić information content (AvgIpc) is 3.43. The molecule has 0 bridgehead atoms. The van der Waals surface area contributed by atoms with Gasteiger partial charge in [-0.2, -0.15) is 0 Å². The number of halogens is 1. The van der Waals surface area contributed by atoms with E-state index in [0.29, 0.717) is 38.1 Å². The summed E-state index contributed by atoms with van der Waals surface area (Å²) in [4.78, 5) is 42.2. The molecule has 210 valence electrons. The molecule has 0 aromatic heterocycles. The molecule has 7 nitrogen and oxygen atoms in total. The van der Waals surface area contributed by atoms with E-state index in [0.717, 1.165) is 35.8 Å². The maximum Gasteiger partial charge on any atom is 0.247 e. The van der Waals surface area contributed by atoms with Crippen LogP contribution in [-0.2, 0) is 14.4 Å². The first-order valence-electron chi connectivity index (χ1n) is 13.9. The number of hydrogen-bond donors (Lipinski definition) is 3. The van der Waals surface area contributed by atoms with Crippen LogP contribution in [0.5, 0.6) is 0 Å². The van der Waals surface area contributed by atoms with Crippen molar-refractivity contribution in [3.63, 3.8) is 0 Å². The number of benzene rings is 2. The van der Waals surface area contributed by atoms with Gasteiger partial charge in [0.15, 0.2) is 0 Å². The van der Waals surface area contributed by atoms with Crippen molar-refractivity contribution < 1.29 is 14.4 Å². The topological polar surface area (TPSA) is 105 Å². The van der Waals surface area contributed by atoms with Gasteiger partial charge in [0.2, 0.25) is 17.7 Å². The van der Waals surface area contributed by atoms with E-state index in [1.165, 1.54) is 4.90 Å². The fourth-order valence-electron chi connectivity index (χ4n) is 5.38. The number of nitrogens with one attached hydrogen (secondary N) is 2. The van der Waals surface area contributed by atoms with Gasteiger partial charge >= 0.3 is 0 Å². The molecule has 38 heavy (non-hydrogen) atoms. The van der Waals surface area contributed by atoms with E-state index in [4.69, 9.17) is 5.73 Å². The Hall–Kier alpha value is -2.48. The van der Waals surface area contributed by atoms with Crippen molar-refractivity contribution in [3.05, 3.63) is 48.0 Å². The molecular weight excluding hydrogens is 500 g/mol. The molecule has 4 N–H and O–H groups in total. The maximum absolute atomic E-state index is 13.9. The van der Waals surface area contributed by atoms with E-state index in [2.05, 4.69) is 30.5 Å². The van der Waals surface area contributed by atoms with E-state index in [9.17, 15) is 14.4 Å². The Morgan fingerprint density at radius 1 is 1.08 bits per heavy atom. The van der Waals surface area contributed by atoms with Gasteiger partial charge in [0, 0.05) is 11.8 Å². The first-order chi connectivity index (χ1) is 17.8. The number of nitrogens with two attached hydrogens (primary N) is 1. The Morgan fingerprint density at radius 3 is 2.34 bits per heavy atom. The van der Waals surface area contributed by atoms with Crippen molar-refractivity contribution in [1.29, 1.82) is 0 Å². The van der Waals surface area contributed by atoms with Gasteiger partial charge in [0.25, 0.3) is 0 Å². The molecule has 1 aliphatic rings. The highest BCUT2D eigenvalue weighted by Crippen LogP contribution is 2.32. The van der Waals surface area contributed by atoms with Crippen LogP contribution < -0.4 is 16.4 Å². The second kappa shape index (κ2) is 15.2. The van der Waals surface area contributed by atoms with Crippen molar-refractivity contribution in [3.8, 4) is 0 Å². The molecule has 1 unspecified atom stereocenters. The summed E-state index contributed by atoms with van der Waals surface area (Å²) in [6, 6.07) is 12.6. The normalized spacial score (nSPS) is 16.8. The van der Waals surface area contributed by atoms with Crippen LogP contribution >= 0.6 is 12.4 Å². The van der Waals surface area contributed by atoms with Gasteiger partial charge < -0.3 is 16.4 Å². The largest absolute Gasteiger partial charge is 0.368 e. The highest BCUT2D eigenvalue weighted by molar-refractivity contribution is 6.03. The number of nitrogens with zero attached hydrogens (tertiary/aromatic N) is 1. The third-order valence-electron chi connectivity index (χ3n) is 7.51. The summed E-state index contributed by atoms with van der Waals surface area (Å²) >= 11 is 0. The number of fused-ring (bicyclic) bond motifs is 1. The van der Waals surface area contributed by atoms with Gasteiger partial charge in [-0.25, -0.2) is 0 Å². The van der Waals surface area contributed by atoms with Gasteiger partial charge in [-0.05, 0) is 74.0 Å². The average molecular weight is 545 g/mol. The SMILES string of the molecule is CCC(CC)C(=O)N(C(=O)[C@@H]1CCCN1)[C@@H](C(N)=O)C(CCNCC(C)C)c1ccc2ccccc2c1.Cl. The van der Waals surface area contributed by atoms with Crippen molar-refractivity contribution >= 4 is 40.9 Å². The van der Waals surface area contributed by atoms with Crippen LogP contribution in [0.1, 0.15) is 71.3 Å². The molecule has 0 aliphatic carbocycles. The van der Waals surface area contributed by atoms with Gasteiger partial charge in [-0.3, -0.25) is 19.3 Å². The van der Waals surface area contributed by atoms with Crippen molar-refractivity contribution in [2.45, 2.75) is 77.8 Å². The molecule has 3 atom stereocenters. The highest BCUT2D eigenvalue weighted by atomic mass is 35.5. The number of primary amides is 1. The molecule has 3 rings (SSSR count). The number of carbonyl (C=O) groups excluding carboxylic acids is 3. The summed E-state index contributed by atoms with van der Waals surface area (Å²) in [5.41, 5.74) is 6.98. The van der Waals surface area contributed by atoms with Crippen LogP contribution in [0.2, 0.25) is 0 Å². The van der Waals surface area contributed by atoms with Gasteiger partial charge in [0.1, 0.15) is 6.04 Å². The molecule has 2 aromatic carbocycles. The van der Waals surface area contributed by atoms with Gasteiger partial charge in [-0.15, -0.1) is 12.4 Å². The minimum atomic E-state index is -1.06. The zero-order valence-electron chi connectivity index (χ0n) is 23.2. The monoisotopic (exact) mass is 544 g/mol.